The van der Waals surface area contributed by atoms with Crippen LogP contribution in [0.15, 0.2) is 60.7 Å². The highest BCUT2D eigenvalue weighted by atomic mass is 19.1. The minimum absolute atomic E-state index is 0.0599. The minimum Gasteiger partial charge on any atom is -0.350 e. The maximum Gasteiger partial charge on any atom is 0.258 e. The third-order valence-electron chi connectivity index (χ3n) is 6.35. The lowest BCUT2D eigenvalue weighted by atomic mass is 10.1. The Morgan fingerprint density at radius 1 is 1.03 bits per heavy atom. The van der Waals surface area contributed by atoms with Crippen LogP contribution >= 0.6 is 0 Å². The Bertz CT molecular complexity index is 1290. The van der Waals surface area contributed by atoms with Gasteiger partial charge in [-0.05, 0) is 69.3 Å². The molecule has 3 aromatic rings. The Hall–Kier alpha value is -3.74. The molecule has 0 bridgehead atoms. The summed E-state index contributed by atoms with van der Waals surface area (Å²) in [4.78, 5) is 42.5. The first-order valence-electron chi connectivity index (χ1n) is 12.2. The van der Waals surface area contributed by atoms with Gasteiger partial charge in [-0.3, -0.25) is 14.4 Å². The SMILES string of the molecule is C[C@H](C(=O)NC(C)(C)C)N(Cc1ccc(F)cc1)C(=O)CCCN1C(=O)c2cccc3cccc1c23. The normalized spacial score (nSPS) is 13.7. The van der Waals surface area contributed by atoms with Crippen molar-refractivity contribution in [3.05, 3.63) is 77.6 Å². The van der Waals surface area contributed by atoms with Gasteiger partial charge in [0.15, 0.2) is 0 Å². The number of hydrogen-bond donors (Lipinski definition) is 1. The van der Waals surface area contributed by atoms with Gasteiger partial charge < -0.3 is 15.1 Å². The van der Waals surface area contributed by atoms with Crippen molar-refractivity contribution in [2.24, 2.45) is 0 Å². The molecule has 0 unspecified atom stereocenters. The van der Waals surface area contributed by atoms with Crippen LogP contribution < -0.4 is 10.2 Å². The fourth-order valence-electron chi connectivity index (χ4n) is 4.58. The Morgan fingerprint density at radius 3 is 2.36 bits per heavy atom. The number of benzene rings is 3. The molecule has 0 radical (unpaired) electrons. The van der Waals surface area contributed by atoms with Crippen molar-refractivity contribution in [1.82, 2.24) is 10.2 Å². The van der Waals surface area contributed by atoms with E-state index in [-0.39, 0.29) is 36.5 Å². The van der Waals surface area contributed by atoms with Crippen LogP contribution in [0.3, 0.4) is 0 Å². The van der Waals surface area contributed by atoms with Crippen LogP contribution in [0, 0.1) is 5.82 Å². The predicted octanol–water partition coefficient (Wildman–Crippen LogP) is 5.05. The second-order valence-electron chi connectivity index (χ2n) is 10.3. The van der Waals surface area contributed by atoms with E-state index in [4.69, 9.17) is 0 Å². The number of amides is 3. The van der Waals surface area contributed by atoms with E-state index in [2.05, 4.69) is 5.32 Å². The molecule has 3 aromatic carbocycles. The number of nitrogens with zero attached hydrogens (tertiary/aromatic N) is 2. The molecule has 0 saturated heterocycles. The second kappa shape index (κ2) is 10.1. The van der Waals surface area contributed by atoms with E-state index in [1.165, 1.54) is 17.0 Å². The number of hydrogen-bond acceptors (Lipinski definition) is 3. The van der Waals surface area contributed by atoms with Crippen LogP contribution in [0.4, 0.5) is 10.1 Å². The van der Waals surface area contributed by atoms with Gasteiger partial charge in [0.1, 0.15) is 11.9 Å². The monoisotopic (exact) mass is 489 g/mol. The lowest BCUT2D eigenvalue weighted by molar-refractivity contribution is -0.141. The molecule has 188 valence electrons. The van der Waals surface area contributed by atoms with Gasteiger partial charge in [0, 0.05) is 36.0 Å². The summed E-state index contributed by atoms with van der Waals surface area (Å²) in [6.07, 6.45) is 0.618. The average Bonchev–Trinajstić information content (AvgIpc) is 3.10. The molecule has 4 rings (SSSR count). The number of anilines is 1. The molecular formula is C29H32FN3O3. The van der Waals surface area contributed by atoms with Crippen molar-refractivity contribution >= 4 is 34.2 Å². The first-order valence-corrected chi connectivity index (χ1v) is 12.2. The molecule has 7 heteroatoms. The summed E-state index contributed by atoms with van der Waals surface area (Å²) in [7, 11) is 0. The van der Waals surface area contributed by atoms with Crippen molar-refractivity contribution in [1.29, 1.82) is 0 Å². The zero-order valence-electron chi connectivity index (χ0n) is 21.2. The maximum atomic E-state index is 13.4. The molecule has 0 aromatic heterocycles. The van der Waals surface area contributed by atoms with E-state index < -0.39 is 11.6 Å². The highest BCUT2D eigenvalue weighted by Gasteiger charge is 2.31. The second-order valence-corrected chi connectivity index (χ2v) is 10.3. The van der Waals surface area contributed by atoms with E-state index in [0.29, 0.717) is 18.5 Å². The molecule has 0 aliphatic carbocycles. The molecule has 36 heavy (non-hydrogen) atoms. The zero-order valence-corrected chi connectivity index (χ0v) is 21.2. The molecule has 1 heterocycles. The molecule has 0 saturated carbocycles. The Kier molecular flexibility index (Phi) is 7.11. The van der Waals surface area contributed by atoms with Crippen molar-refractivity contribution < 1.29 is 18.8 Å². The summed E-state index contributed by atoms with van der Waals surface area (Å²) in [6.45, 7) is 7.93. The Labute approximate surface area is 211 Å². The van der Waals surface area contributed by atoms with E-state index in [0.717, 1.165) is 22.0 Å². The average molecular weight is 490 g/mol. The summed E-state index contributed by atoms with van der Waals surface area (Å²) >= 11 is 0. The first kappa shape index (κ1) is 25.4. The van der Waals surface area contributed by atoms with Gasteiger partial charge in [-0.15, -0.1) is 0 Å². The summed E-state index contributed by atoms with van der Waals surface area (Å²) in [5, 5.41) is 4.89. The Balaban J connectivity index is 1.47. The molecule has 1 atom stereocenters. The maximum absolute atomic E-state index is 13.4. The van der Waals surface area contributed by atoms with Crippen molar-refractivity contribution in [2.75, 3.05) is 11.4 Å². The smallest absolute Gasteiger partial charge is 0.258 e. The van der Waals surface area contributed by atoms with Crippen LogP contribution in [0.1, 0.15) is 56.5 Å². The molecule has 6 nitrogen and oxygen atoms in total. The van der Waals surface area contributed by atoms with Gasteiger partial charge >= 0.3 is 0 Å². The first-order chi connectivity index (χ1) is 17.0. The van der Waals surface area contributed by atoms with Gasteiger partial charge in [-0.1, -0.05) is 36.4 Å². The van der Waals surface area contributed by atoms with E-state index in [1.807, 2.05) is 57.2 Å². The summed E-state index contributed by atoms with van der Waals surface area (Å²) < 4.78 is 13.4. The van der Waals surface area contributed by atoms with Crippen LogP contribution in [-0.4, -0.2) is 40.7 Å². The highest BCUT2D eigenvalue weighted by molar-refractivity contribution is 6.25. The van der Waals surface area contributed by atoms with E-state index >= 15 is 0 Å². The van der Waals surface area contributed by atoms with Gasteiger partial charge in [0.05, 0.1) is 5.69 Å². The van der Waals surface area contributed by atoms with Crippen LogP contribution in [0.2, 0.25) is 0 Å². The van der Waals surface area contributed by atoms with Gasteiger partial charge in [-0.2, -0.15) is 0 Å². The predicted molar refractivity (Wildman–Crippen MR) is 139 cm³/mol. The van der Waals surface area contributed by atoms with Crippen LogP contribution in [0.25, 0.3) is 10.8 Å². The van der Waals surface area contributed by atoms with E-state index in [9.17, 15) is 18.8 Å². The van der Waals surface area contributed by atoms with Gasteiger partial charge in [-0.25, -0.2) is 4.39 Å². The quantitative estimate of drug-likeness (QED) is 0.481. The van der Waals surface area contributed by atoms with Crippen molar-refractivity contribution in [3.8, 4) is 0 Å². The fourth-order valence-corrected chi connectivity index (χ4v) is 4.58. The fraction of sp³-hybridized carbons (Fsp3) is 0.345. The lowest BCUT2D eigenvalue weighted by Gasteiger charge is -2.31. The lowest BCUT2D eigenvalue weighted by Crippen LogP contribution is -2.52. The molecule has 0 fully saturated rings. The summed E-state index contributed by atoms with van der Waals surface area (Å²) in [5.41, 5.74) is 1.83. The largest absolute Gasteiger partial charge is 0.350 e. The van der Waals surface area contributed by atoms with Crippen molar-refractivity contribution in [3.63, 3.8) is 0 Å². The number of carbonyl (C=O) groups is 3. The molecule has 1 aliphatic heterocycles. The number of nitrogens with one attached hydrogen (secondary N) is 1. The number of halogens is 1. The standard InChI is InChI=1S/C29H32FN3O3/c1-19(27(35)31-29(2,3)4)33(18-20-13-15-22(30)16-14-20)25(34)12-7-17-32-24-11-6-9-21-8-5-10-23(26(21)24)28(32)36/h5-6,8-11,13-16,19H,7,12,17-18H2,1-4H3,(H,31,35)/t19-/m1/s1. The third kappa shape index (κ3) is 5.40. The van der Waals surface area contributed by atoms with Crippen LogP contribution in [0.5, 0.6) is 0 Å². The van der Waals surface area contributed by atoms with Gasteiger partial charge in [0.2, 0.25) is 11.8 Å². The molecule has 3 amide bonds. The molecule has 1 aliphatic rings. The molecule has 0 spiro atoms. The summed E-state index contributed by atoms with van der Waals surface area (Å²) in [6, 6.07) is 16.7. The van der Waals surface area contributed by atoms with Crippen LogP contribution in [-0.2, 0) is 16.1 Å². The number of rotatable bonds is 8. The Morgan fingerprint density at radius 2 is 1.69 bits per heavy atom. The highest BCUT2D eigenvalue weighted by Crippen LogP contribution is 2.37. The molecular weight excluding hydrogens is 457 g/mol. The summed E-state index contributed by atoms with van der Waals surface area (Å²) in [5.74, 6) is -0.871. The number of carbonyl (C=O) groups excluding carboxylic acids is 3. The molecule has 1 N–H and O–H groups in total. The zero-order chi connectivity index (χ0) is 26.0. The van der Waals surface area contributed by atoms with Gasteiger partial charge in [0.25, 0.3) is 5.91 Å². The minimum atomic E-state index is -0.715. The van der Waals surface area contributed by atoms with E-state index in [1.54, 1.807) is 24.0 Å². The third-order valence-corrected chi connectivity index (χ3v) is 6.35. The van der Waals surface area contributed by atoms with Crippen molar-refractivity contribution in [2.45, 2.75) is 58.7 Å². The topological polar surface area (TPSA) is 69.7 Å².